The number of H-pyrrole nitrogens is 1. The van der Waals surface area contributed by atoms with Crippen LogP contribution in [0, 0.1) is 0 Å². The molecule has 0 atom stereocenters. The lowest BCUT2D eigenvalue weighted by molar-refractivity contribution is -0.114. The SMILES string of the molecule is CCOc1ccc(-c2cc(NC(C)=O)cc(-c3cccc4[nH]ccc34)c2)cn1. The molecule has 4 rings (SSSR count). The molecular formula is C23H21N3O2. The number of benzene rings is 2. The predicted octanol–water partition coefficient (Wildman–Crippen LogP) is 5.25. The van der Waals surface area contributed by atoms with Crippen molar-refractivity contribution in [2.45, 2.75) is 13.8 Å². The number of hydrogen-bond donors (Lipinski definition) is 2. The van der Waals surface area contributed by atoms with Gasteiger partial charge in [-0.25, -0.2) is 4.98 Å². The number of pyridine rings is 1. The number of anilines is 1. The zero-order valence-corrected chi connectivity index (χ0v) is 15.8. The summed E-state index contributed by atoms with van der Waals surface area (Å²) in [7, 11) is 0. The number of aromatic nitrogens is 2. The standard InChI is InChI=1S/C23H21N3O2/c1-3-28-23-8-7-16(14-25-23)17-11-18(13-19(12-17)26-15(2)27)20-5-4-6-22-21(20)9-10-24-22/h4-14,24H,3H2,1-2H3,(H,26,27). The van der Waals surface area contributed by atoms with E-state index in [1.54, 1.807) is 6.20 Å². The Morgan fingerprint density at radius 2 is 1.93 bits per heavy atom. The fraction of sp³-hybridized carbons (Fsp3) is 0.130. The van der Waals surface area contributed by atoms with Gasteiger partial charge in [0.1, 0.15) is 0 Å². The van der Waals surface area contributed by atoms with Crippen molar-refractivity contribution >= 4 is 22.5 Å². The molecule has 2 aromatic heterocycles. The Labute approximate surface area is 163 Å². The highest BCUT2D eigenvalue weighted by molar-refractivity contribution is 5.98. The summed E-state index contributed by atoms with van der Waals surface area (Å²) < 4.78 is 5.43. The van der Waals surface area contributed by atoms with Crippen molar-refractivity contribution in [3.05, 3.63) is 67.0 Å². The van der Waals surface area contributed by atoms with E-state index in [0.717, 1.165) is 38.8 Å². The Hall–Kier alpha value is -3.60. The molecule has 0 saturated heterocycles. The number of carbonyl (C=O) groups is 1. The van der Waals surface area contributed by atoms with E-state index in [1.165, 1.54) is 6.92 Å². The van der Waals surface area contributed by atoms with E-state index in [2.05, 4.69) is 33.5 Å². The molecule has 0 radical (unpaired) electrons. The van der Waals surface area contributed by atoms with Crippen LogP contribution in [0.2, 0.25) is 0 Å². The van der Waals surface area contributed by atoms with Crippen LogP contribution < -0.4 is 10.1 Å². The minimum absolute atomic E-state index is 0.104. The highest BCUT2D eigenvalue weighted by atomic mass is 16.5. The van der Waals surface area contributed by atoms with Crippen molar-refractivity contribution in [2.24, 2.45) is 0 Å². The topological polar surface area (TPSA) is 67.0 Å². The Kier molecular flexibility index (Phi) is 4.81. The molecule has 5 nitrogen and oxygen atoms in total. The minimum atomic E-state index is -0.104. The molecule has 1 amide bonds. The van der Waals surface area contributed by atoms with E-state index >= 15 is 0 Å². The van der Waals surface area contributed by atoms with Crippen LogP contribution >= 0.6 is 0 Å². The molecule has 4 aromatic rings. The van der Waals surface area contributed by atoms with E-state index in [-0.39, 0.29) is 5.91 Å². The number of fused-ring (bicyclic) bond motifs is 1. The van der Waals surface area contributed by atoms with Gasteiger partial charge in [0.25, 0.3) is 0 Å². The molecule has 0 aliphatic rings. The fourth-order valence-electron chi connectivity index (χ4n) is 3.35. The second kappa shape index (κ2) is 7.56. The van der Waals surface area contributed by atoms with Gasteiger partial charge < -0.3 is 15.0 Å². The Morgan fingerprint density at radius 1 is 1.07 bits per heavy atom. The van der Waals surface area contributed by atoms with Crippen molar-refractivity contribution in [3.63, 3.8) is 0 Å². The molecule has 0 aliphatic heterocycles. The van der Waals surface area contributed by atoms with Crippen molar-refractivity contribution in [1.29, 1.82) is 0 Å². The number of ether oxygens (including phenoxy) is 1. The van der Waals surface area contributed by atoms with Crippen molar-refractivity contribution in [3.8, 4) is 28.1 Å². The van der Waals surface area contributed by atoms with Gasteiger partial charge >= 0.3 is 0 Å². The molecule has 140 valence electrons. The maximum Gasteiger partial charge on any atom is 0.221 e. The van der Waals surface area contributed by atoms with Gasteiger partial charge in [-0.05, 0) is 60.0 Å². The second-order valence-corrected chi connectivity index (χ2v) is 6.54. The highest BCUT2D eigenvalue weighted by Gasteiger charge is 2.10. The monoisotopic (exact) mass is 371 g/mol. The Morgan fingerprint density at radius 3 is 2.68 bits per heavy atom. The smallest absolute Gasteiger partial charge is 0.221 e. The molecule has 5 heteroatoms. The highest BCUT2D eigenvalue weighted by Crippen LogP contribution is 2.34. The van der Waals surface area contributed by atoms with E-state index in [0.29, 0.717) is 12.5 Å². The van der Waals surface area contributed by atoms with E-state index < -0.39 is 0 Å². The van der Waals surface area contributed by atoms with Crippen molar-refractivity contribution in [1.82, 2.24) is 9.97 Å². The van der Waals surface area contributed by atoms with Gasteiger partial charge in [-0.2, -0.15) is 0 Å². The molecule has 0 bridgehead atoms. The predicted molar refractivity (Wildman–Crippen MR) is 112 cm³/mol. The average molecular weight is 371 g/mol. The lowest BCUT2D eigenvalue weighted by Gasteiger charge is -2.12. The minimum Gasteiger partial charge on any atom is -0.478 e. The van der Waals surface area contributed by atoms with Gasteiger partial charge in [0, 0.05) is 47.5 Å². The third kappa shape index (κ3) is 3.60. The maximum absolute atomic E-state index is 11.7. The summed E-state index contributed by atoms with van der Waals surface area (Å²) in [6.07, 6.45) is 3.72. The lowest BCUT2D eigenvalue weighted by Crippen LogP contribution is -2.06. The van der Waals surface area contributed by atoms with E-state index in [9.17, 15) is 4.79 Å². The largest absolute Gasteiger partial charge is 0.478 e. The first-order valence-corrected chi connectivity index (χ1v) is 9.22. The van der Waals surface area contributed by atoms with E-state index in [1.807, 2.05) is 49.5 Å². The van der Waals surface area contributed by atoms with Crippen LogP contribution in [-0.2, 0) is 4.79 Å². The van der Waals surface area contributed by atoms with Crippen LogP contribution in [0.1, 0.15) is 13.8 Å². The molecule has 2 N–H and O–H groups in total. The molecule has 0 saturated carbocycles. The van der Waals surface area contributed by atoms with Crippen LogP contribution in [0.15, 0.2) is 67.0 Å². The van der Waals surface area contributed by atoms with Gasteiger partial charge in [0.05, 0.1) is 6.61 Å². The first-order valence-electron chi connectivity index (χ1n) is 9.22. The number of carbonyl (C=O) groups excluding carboxylic acids is 1. The maximum atomic E-state index is 11.7. The van der Waals surface area contributed by atoms with Gasteiger partial charge in [0.15, 0.2) is 0 Å². The van der Waals surface area contributed by atoms with Crippen LogP contribution in [0.25, 0.3) is 33.2 Å². The first-order chi connectivity index (χ1) is 13.6. The number of nitrogens with zero attached hydrogens (tertiary/aromatic N) is 1. The zero-order chi connectivity index (χ0) is 19.5. The number of aromatic amines is 1. The summed E-state index contributed by atoms with van der Waals surface area (Å²) in [6, 6.07) is 18.1. The molecule has 28 heavy (non-hydrogen) atoms. The average Bonchev–Trinajstić information content (AvgIpc) is 3.17. The molecule has 0 aliphatic carbocycles. The number of hydrogen-bond acceptors (Lipinski definition) is 3. The van der Waals surface area contributed by atoms with Crippen LogP contribution in [0.4, 0.5) is 5.69 Å². The summed E-state index contributed by atoms with van der Waals surface area (Å²) >= 11 is 0. The van der Waals surface area contributed by atoms with E-state index in [4.69, 9.17) is 4.74 Å². The fourth-order valence-corrected chi connectivity index (χ4v) is 3.35. The zero-order valence-electron chi connectivity index (χ0n) is 15.8. The van der Waals surface area contributed by atoms with Gasteiger partial charge in [-0.3, -0.25) is 4.79 Å². The Balaban J connectivity index is 1.84. The molecule has 0 spiro atoms. The Bertz CT molecular complexity index is 1130. The van der Waals surface area contributed by atoms with Crippen molar-refractivity contribution in [2.75, 3.05) is 11.9 Å². The summed E-state index contributed by atoms with van der Waals surface area (Å²) in [6.45, 7) is 4.02. The third-order valence-electron chi connectivity index (χ3n) is 4.52. The second-order valence-electron chi connectivity index (χ2n) is 6.54. The molecular weight excluding hydrogens is 350 g/mol. The van der Waals surface area contributed by atoms with Crippen LogP contribution in [0.5, 0.6) is 5.88 Å². The van der Waals surface area contributed by atoms with Gasteiger partial charge in [-0.1, -0.05) is 12.1 Å². The van der Waals surface area contributed by atoms with Crippen LogP contribution in [0.3, 0.4) is 0 Å². The summed E-state index contributed by atoms with van der Waals surface area (Å²) in [5.41, 5.74) is 5.89. The molecule has 0 unspecified atom stereocenters. The quantitative estimate of drug-likeness (QED) is 0.503. The number of rotatable bonds is 5. The van der Waals surface area contributed by atoms with Crippen molar-refractivity contribution < 1.29 is 9.53 Å². The number of nitrogens with one attached hydrogen (secondary N) is 2. The molecule has 0 fully saturated rings. The number of amides is 1. The molecule has 2 heterocycles. The third-order valence-corrected chi connectivity index (χ3v) is 4.52. The molecule has 2 aromatic carbocycles. The summed E-state index contributed by atoms with van der Waals surface area (Å²) in [4.78, 5) is 19.3. The van der Waals surface area contributed by atoms with Crippen LogP contribution in [-0.4, -0.2) is 22.5 Å². The van der Waals surface area contributed by atoms with Gasteiger partial charge in [0.2, 0.25) is 11.8 Å². The first kappa shape index (κ1) is 17.8. The summed E-state index contributed by atoms with van der Waals surface area (Å²) in [5, 5.41) is 4.04. The van der Waals surface area contributed by atoms with Gasteiger partial charge in [-0.15, -0.1) is 0 Å². The lowest BCUT2D eigenvalue weighted by atomic mass is 9.96. The summed E-state index contributed by atoms with van der Waals surface area (Å²) in [5.74, 6) is 0.495. The normalized spacial score (nSPS) is 10.8.